The van der Waals surface area contributed by atoms with E-state index in [1.54, 1.807) is 41.2 Å². The summed E-state index contributed by atoms with van der Waals surface area (Å²) in [5.41, 5.74) is 1.19. The Morgan fingerprint density at radius 3 is 2.75 bits per heavy atom. The Labute approximate surface area is 92.4 Å². The van der Waals surface area contributed by atoms with Gasteiger partial charge in [0.25, 0.3) is 0 Å². The number of hydrogen-bond donors (Lipinski definition) is 2. The van der Waals surface area contributed by atoms with E-state index in [-0.39, 0.29) is 11.3 Å². The lowest BCUT2D eigenvalue weighted by Crippen LogP contribution is -1.97. The number of aromatic carboxylic acids is 1. The minimum atomic E-state index is -0.936. The van der Waals surface area contributed by atoms with Gasteiger partial charge in [-0.15, -0.1) is 0 Å². The van der Waals surface area contributed by atoms with Gasteiger partial charge in [-0.05, 0) is 23.8 Å². The third kappa shape index (κ3) is 2.23. The monoisotopic (exact) mass is 217 g/mol. The smallest absolute Gasteiger partial charge is 0.337 e. The summed E-state index contributed by atoms with van der Waals surface area (Å²) in [4.78, 5) is 10.7. The van der Waals surface area contributed by atoms with E-state index in [1.165, 1.54) is 0 Å². The zero-order valence-corrected chi connectivity index (χ0v) is 8.50. The summed E-state index contributed by atoms with van der Waals surface area (Å²) in [6, 6.07) is 8.43. The topological polar surface area (TPSA) is 62.5 Å². The van der Waals surface area contributed by atoms with Crippen molar-refractivity contribution < 1.29 is 15.0 Å². The number of benzene rings is 1. The van der Waals surface area contributed by atoms with Gasteiger partial charge in [0.2, 0.25) is 0 Å². The van der Waals surface area contributed by atoms with E-state index in [9.17, 15) is 9.90 Å². The van der Waals surface area contributed by atoms with Gasteiger partial charge in [-0.3, -0.25) is 0 Å². The van der Waals surface area contributed by atoms with E-state index < -0.39 is 5.97 Å². The Balaban J connectivity index is 2.17. The van der Waals surface area contributed by atoms with Crippen LogP contribution in [0.25, 0.3) is 0 Å². The summed E-state index contributed by atoms with van der Waals surface area (Å²) in [5, 5.41) is 18.0. The second kappa shape index (κ2) is 4.10. The molecular weight excluding hydrogens is 206 g/mol. The van der Waals surface area contributed by atoms with Gasteiger partial charge in [0, 0.05) is 18.9 Å². The lowest BCUT2D eigenvalue weighted by Gasteiger charge is -2.03. The van der Waals surface area contributed by atoms with E-state index >= 15 is 0 Å². The Kier molecular flexibility index (Phi) is 2.64. The predicted molar refractivity (Wildman–Crippen MR) is 58.6 cm³/mol. The number of phenols is 1. The maximum absolute atomic E-state index is 10.7. The highest BCUT2D eigenvalue weighted by Crippen LogP contribution is 2.12. The second-order valence-electron chi connectivity index (χ2n) is 3.55. The number of phenolic OH excluding ortho intramolecular Hbond substituents is 1. The summed E-state index contributed by atoms with van der Waals surface area (Å²) in [6.45, 7) is 0.543. The van der Waals surface area contributed by atoms with Crippen LogP contribution in [-0.4, -0.2) is 20.7 Å². The van der Waals surface area contributed by atoms with Gasteiger partial charge in [-0.1, -0.05) is 12.1 Å². The number of aromatic hydroxyl groups is 1. The molecule has 1 heterocycles. The number of carbonyl (C=O) groups is 1. The summed E-state index contributed by atoms with van der Waals surface area (Å²) in [6.07, 6.45) is 3.26. The molecular formula is C12H11NO3. The van der Waals surface area contributed by atoms with Gasteiger partial charge in [0.15, 0.2) is 0 Å². The first-order valence-electron chi connectivity index (χ1n) is 4.82. The fourth-order valence-electron chi connectivity index (χ4n) is 1.53. The van der Waals surface area contributed by atoms with Gasteiger partial charge in [-0.25, -0.2) is 4.79 Å². The first kappa shape index (κ1) is 10.3. The zero-order valence-electron chi connectivity index (χ0n) is 8.50. The largest absolute Gasteiger partial charge is 0.508 e. The molecule has 0 spiro atoms. The minimum absolute atomic E-state index is 0.211. The van der Waals surface area contributed by atoms with Crippen LogP contribution in [0.15, 0.2) is 42.7 Å². The molecule has 0 unspecified atom stereocenters. The van der Waals surface area contributed by atoms with Crippen LogP contribution in [0.5, 0.6) is 5.75 Å². The van der Waals surface area contributed by atoms with Crippen molar-refractivity contribution in [2.45, 2.75) is 6.54 Å². The number of hydrogen-bond acceptors (Lipinski definition) is 2. The van der Waals surface area contributed by atoms with Gasteiger partial charge in [0.1, 0.15) is 5.75 Å². The van der Waals surface area contributed by atoms with Crippen molar-refractivity contribution in [1.82, 2.24) is 4.57 Å². The normalized spacial score (nSPS) is 10.2. The van der Waals surface area contributed by atoms with Crippen molar-refractivity contribution in [2.24, 2.45) is 0 Å². The number of carboxylic acids is 1. The first-order valence-corrected chi connectivity index (χ1v) is 4.82. The highest BCUT2D eigenvalue weighted by atomic mass is 16.4. The van der Waals surface area contributed by atoms with E-state index in [2.05, 4.69) is 0 Å². The number of aromatic nitrogens is 1. The highest BCUT2D eigenvalue weighted by molar-refractivity contribution is 5.87. The molecule has 16 heavy (non-hydrogen) atoms. The maximum Gasteiger partial charge on any atom is 0.337 e. The van der Waals surface area contributed by atoms with Crippen molar-refractivity contribution in [1.29, 1.82) is 0 Å². The van der Waals surface area contributed by atoms with E-state index in [4.69, 9.17) is 5.11 Å². The lowest BCUT2D eigenvalue weighted by atomic mass is 10.2. The minimum Gasteiger partial charge on any atom is -0.508 e. The van der Waals surface area contributed by atoms with Crippen molar-refractivity contribution >= 4 is 5.97 Å². The molecule has 2 aromatic rings. The molecule has 0 aliphatic heterocycles. The lowest BCUT2D eigenvalue weighted by molar-refractivity contribution is 0.0697. The maximum atomic E-state index is 10.7. The molecule has 2 rings (SSSR count). The average Bonchev–Trinajstić information content (AvgIpc) is 2.66. The molecule has 0 aliphatic carbocycles. The molecule has 0 saturated heterocycles. The van der Waals surface area contributed by atoms with Crippen molar-refractivity contribution in [3.8, 4) is 5.75 Å². The summed E-state index contributed by atoms with van der Waals surface area (Å²) >= 11 is 0. The predicted octanol–water partition coefficient (Wildman–Crippen LogP) is 1.94. The van der Waals surface area contributed by atoms with Crippen molar-refractivity contribution in [3.05, 3.63) is 53.9 Å². The van der Waals surface area contributed by atoms with Crippen LogP contribution in [-0.2, 0) is 6.54 Å². The molecule has 4 nitrogen and oxygen atoms in total. The molecule has 0 amide bonds. The van der Waals surface area contributed by atoms with E-state index in [0.717, 1.165) is 5.56 Å². The van der Waals surface area contributed by atoms with Gasteiger partial charge in [0.05, 0.1) is 5.56 Å². The molecule has 0 saturated carbocycles. The molecule has 0 aliphatic rings. The fraction of sp³-hybridized carbons (Fsp3) is 0.0833. The van der Waals surface area contributed by atoms with Crippen LogP contribution in [0.1, 0.15) is 15.9 Å². The third-order valence-corrected chi connectivity index (χ3v) is 2.27. The number of rotatable bonds is 3. The molecule has 1 aromatic heterocycles. The standard InChI is InChI=1S/C12H11NO3/c14-11-3-1-2-9(6-11)7-13-5-4-10(8-13)12(15)16/h1-6,8,14H,7H2,(H,15,16). The SMILES string of the molecule is O=C(O)c1ccn(Cc2cccc(O)c2)c1. The molecule has 82 valence electrons. The van der Waals surface area contributed by atoms with Gasteiger partial charge < -0.3 is 14.8 Å². The molecule has 0 fully saturated rings. The van der Waals surface area contributed by atoms with Crippen LogP contribution in [0.3, 0.4) is 0 Å². The molecule has 0 bridgehead atoms. The van der Waals surface area contributed by atoms with Crippen molar-refractivity contribution in [2.75, 3.05) is 0 Å². The van der Waals surface area contributed by atoms with Crippen LogP contribution in [0.4, 0.5) is 0 Å². The van der Waals surface area contributed by atoms with Gasteiger partial charge in [-0.2, -0.15) is 0 Å². The molecule has 1 aromatic carbocycles. The van der Waals surface area contributed by atoms with Gasteiger partial charge >= 0.3 is 5.97 Å². The number of carboxylic acid groups (broad SMARTS) is 1. The zero-order chi connectivity index (χ0) is 11.5. The Bertz CT molecular complexity index is 516. The average molecular weight is 217 g/mol. The highest BCUT2D eigenvalue weighted by Gasteiger charge is 2.04. The Morgan fingerprint density at radius 1 is 1.31 bits per heavy atom. The summed E-state index contributed by atoms with van der Waals surface area (Å²) in [7, 11) is 0. The van der Waals surface area contributed by atoms with Crippen molar-refractivity contribution in [3.63, 3.8) is 0 Å². The molecule has 0 radical (unpaired) electrons. The van der Waals surface area contributed by atoms with Crippen LogP contribution >= 0.6 is 0 Å². The summed E-state index contributed by atoms with van der Waals surface area (Å²) < 4.78 is 1.76. The quantitative estimate of drug-likeness (QED) is 0.825. The number of nitrogens with zero attached hydrogens (tertiary/aromatic N) is 1. The third-order valence-electron chi connectivity index (χ3n) is 2.27. The Morgan fingerprint density at radius 2 is 2.12 bits per heavy atom. The molecule has 2 N–H and O–H groups in total. The summed E-state index contributed by atoms with van der Waals surface area (Å²) in [5.74, 6) is -0.724. The molecule has 0 atom stereocenters. The molecule has 4 heteroatoms. The fourth-order valence-corrected chi connectivity index (χ4v) is 1.53. The van der Waals surface area contributed by atoms with E-state index in [1.807, 2.05) is 6.07 Å². The van der Waals surface area contributed by atoms with Crippen LogP contribution in [0.2, 0.25) is 0 Å². The Hall–Kier alpha value is -2.23. The van der Waals surface area contributed by atoms with Crippen LogP contribution in [0, 0.1) is 0 Å². The second-order valence-corrected chi connectivity index (χ2v) is 3.55. The van der Waals surface area contributed by atoms with E-state index in [0.29, 0.717) is 6.54 Å². The van der Waals surface area contributed by atoms with Crippen LogP contribution < -0.4 is 0 Å². The first-order chi connectivity index (χ1) is 7.65.